The minimum atomic E-state index is -1.98. The number of alkyl halides is 3. The molecule has 0 aromatic carbocycles. The highest BCUT2D eigenvalue weighted by Crippen LogP contribution is 2.43. The van der Waals surface area contributed by atoms with E-state index in [1.54, 1.807) is 6.26 Å². The minimum absolute atomic E-state index is 0.118. The topological polar surface area (TPSA) is 40.0 Å². The number of ether oxygens (including phenoxy) is 2. The number of rotatable bonds is 6. The van der Waals surface area contributed by atoms with E-state index in [1.807, 2.05) is 6.08 Å². The van der Waals surface area contributed by atoms with Crippen molar-refractivity contribution in [2.75, 3.05) is 6.61 Å². The van der Waals surface area contributed by atoms with Crippen molar-refractivity contribution in [1.82, 2.24) is 0 Å². The highest BCUT2D eigenvalue weighted by atomic mass is 35.6. The normalized spacial score (nSPS) is 26.7. The predicted molar refractivity (Wildman–Crippen MR) is 107 cm³/mol. The lowest BCUT2D eigenvalue weighted by molar-refractivity contribution is -0.0196. The van der Waals surface area contributed by atoms with Gasteiger partial charge in [0, 0.05) is 0 Å². The van der Waals surface area contributed by atoms with Gasteiger partial charge >= 0.3 is 0 Å². The Morgan fingerprint density at radius 2 is 1.68 bits per heavy atom. The quantitative estimate of drug-likeness (QED) is 0.407. The molecule has 2 aliphatic rings. The monoisotopic (exact) mass is 427 g/mol. The van der Waals surface area contributed by atoms with Crippen LogP contribution in [0.3, 0.4) is 0 Å². The van der Waals surface area contributed by atoms with Gasteiger partial charge in [-0.05, 0) is 22.7 Å². The lowest BCUT2D eigenvalue weighted by Crippen LogP contribution is -2.51. The summed E-state index contributed by atoms with van der Waals surface area (Å²) in [4.78, 5) is 4.37. The lowest BCUT2D eigenvalue weighted by Gasteiger charge is -2.43. The average Bonchev–Trinajstić information content (AvgIpc) is 2.91. The Morgan fingerprint density at radius 1 is 1.12 bits per heavy atom. The molecule has 0 saturated carbocycles. The molecule has 0 unspecified atom stereocenters. The molecule has 0 fully saturated rings. The molecule has 3 atom stereocenters. The van der Waals surface area contributed by atoms with Crippen LogP contribution in [0.2, 0.25) is 16.6 Å². The highest BCUT2D eigenvalue weighted by molar-refractivity contribution is 6.77. The van der Waals surface area contributed by atoms with Crippen molar-refractivity contribution in [3.05, 3.63) is 12.3 Å². The Balaban J connectivity index is 2.12. The Labute approximate surface area is 167 Å². The van der Waals surface area contributed by atoms with Crippen LogP contribution in [0.1, 0.15) is 41.5 Å². The van der Waals surface area contributed by atoms with E-state index in [1.165, 1.54) is 0 Å². The molecule has 8 heteroatoms. The molecule has 0 aromatic rings. The number of hydrogen-bond acceptors (Lipinski definition) is 4. The van der Waals surface area contributed by atoms with Crippen molar-refractivity contribution < 1.29 is 13.9 Å². The molecule has 2 rings (SSSR count). The molecule has 144 valence electrons. The summed E-state index contributed by atoms with van der Waals surface area (Å²) in [5.74, 6) is 0.118. The largest absolute Gasteiger partial charge is 0.492 e. The van der Waals surface area contributed by atoms with Crippen molar-refractivity contribution >= 4 is 49.0 Å². The number of hydrogen-bond donors (Lipinski definition) is 0. The molecule has 2 aliphatic heterocycles. The van der Waals surface area contributed by atoms with Gasteiger partial charge in [0.05, 0.1) is 12.9 Å². The Bertz CT molecular complexity index is 510. The first-order valence-electron chi connectivity index (χ1n) is 8.77. The van der Waals surface area contributed by atoms with Gasteiger partial charge in [-0.2, -0.15) is 0 Å². The Morgan fingerprint density at radius 3 is 2.16 bits per heavy atom. The van der Waals surface area contributed by atoms with Crippen LogP contribution in [-0.2, 0) is 13.9 Å². The van der Waals surface area contributed by atoms with Crippen molar-refractivity contribution in [2.24, 2.45) is 4.99 Å². The number of aliphatic imine (C=N–C) groups is 1. The van der Waals surface area contributed by atoms with Gasteiger partial charge < -0.3 is 13.9 Å². The SMILES string of the molecule is CC(C)[Si](OC[C@H]1OC=C[C@@H]2N=C(C(Cl)(Cl)Cl)O[C@@H]21)(C(C)C)C(C)C. The maximum atomic E-state index is 6.63. The van der Waals surface area contributed by atoms with Gasteiger partial charge in [0.25, 0.3) is 3.79 Å². The van der Waals surface area contributed by atoms with Crippen molar-refractivity contribution in [3.63, 3.8) is 0 Å². The van der Waals surface area contributed by atoms with E-state index in [9.17, 15) is 0 Å². The van der Waals surface area contributed by atoms with E-state index in [0.717, 1.165) is 0 Å². The molecule has 0 aliphatic carbocycles. The first-order chi connectivity index (χ1) is 11.5. The third-order valence-electron chi connectivity index (χ3n) is 5.19. The fourth-order valence-electron chi connectivity index (χ4n) is 4.19. The molecule has 4 nitrogen and oxygen atoms in total. The van der Waals surface area contributed by atoms with Gasteiger partial charge in [-0.1, -0.05) is 76.3 Å². The molecule has 0 aromatic heterocycles. The molecule has 25 heavy (non-hydrogen) atoms. The molecular weight excluding hydrogens is 401 g/mol. The second-order valence-corrected chi connectivity index (χ2v) is 15.4. The van der Waals surface area contributed by atoms with Crippen molar-refractivity contribution in [2.45, 2.75) is 80.2 Å². The third-order valence-corrected chi connectivity index (χ3v) is 11.8. The smallest absolute Gasteiger partial charge is 0.266 e. The minimum Gasteiger partial charge on any atom is -0.492 e. The van der Waals surface area contributed by atoms with E-state index in [2.05, 4.69) is 46.5 Å². The van der Waals surface area contributed by atoms with Gasteiger partial charge in [0.15, 0.2) is 12.2 Å². The fourth-order valence-corrected chi connectivity index (χ4v) is 9.92. The third kappa shape index (κ3) is 4.32. The molecular formula is C17H28Cl3NO3Si. The second kappa shape index (κ2) is 7.97. The zero-order valence-corrected chi connectivity index (χ0v) is 18.9. The average molecular weight is 429 g/mol. The number of nitrogens with zero attached hydrogens (tertiary/aromatic N) is 1. The van der Waals surface area contributed by atoms with Gasteiger partial charge in [-0.15, -0.1) is 0 Å². The summed E-state index contributed by atoms with van der Waals surface area (Å²) in [6.45, 7) is 14.0. The maximum Gasteiger partial charge on any atom is 0.266 e. The van der Waals surface area contributed by atoms with Crippen LogP contribution < -0.4 is 0 Å². The highest BCUT2D eigenvalue weighted by Gasteiger charge is 2.49. The molecule has 2 heterocycles. The summed E-state index contributed by atoms with van der Waals surface area (Å²) in [5, 5.41) is 0. The van der Waals surface area contributed by atoms with E-state index >= 15 is 0 Å². The van der Waals surface area contributed by atoms with Gasteiger partial charge in [-0.25, -0.2) is 4.99 Å². The zero-order valence-electron chi connectivity index (χ0n) is 15.6. The van der Waals surface area contributed by atoms with E-state index in [4.69, 9.17) is 48.7 Å². The summed E-state index contributed by atoms with van der Waals surface area (Å²) in [6, 6.07) is -0.207. The molecule has 0 radical (unpaired) electrons. The van der Waals surface area contributed by atoms with E-state index in [-0.39, 0.29) is 24.1 Å². The van der Waals surface area contributed by atoms with Crippen LogP contribution in [0, 0.1) is 0 Å². The summed E-state index contributed by atoms with van der Waals surface area (Å²) in [6.07, 6.45) is 2.87. The Hall–Kier alpha value is 0.0569. The van der Waals surface area contributed by atoms with Gasteiger partial charge in [-0.3, -0.25) is 0 Å². The van der Waals surface area contributed by atoms with E-state index < -0.39 is 12.1 Å². The number of fused-ring (bicyclic) bond motifs is 1. The first-order valence-corrected chi connectivity index (χ1v) is 12.0. The zero-order chi connectivity index (χ0) is 19.0. The van der Waals surface area contributed by atoms with Crippen LogP contribution in [0.15, 0.2) is 17.3 Å². The van der Waals surface area contributed by atoms with Crippen LogP contribution in [-0.4, -0.2) is 42.9 Å². The summed E-state index contributed by atoms with van der Waals surface area (Å²) >= 11 is 17.7. The molecule has 0 spiro atoms. The first kappa shape index (κ1) is 21.4. The summed E-state index contributed by atoms with van der Waals surface area (Å²) < 4.78 is 16.5. The number of halogens is 3. The van der Waals surface area contributed by atoms with Gasteiger partial charge in [0.2, 0.25) is 14.2 Å². The van der Waals surface area contributed by atoms with Crippen molar-refractivity contribution in [1.29, 1.82) is 0 Å². The summed E-state index contributed by atoms with van der Waals surface area (Å²) in [5.41, 5.74) is 1.50. The van der Waals surface area contributed by atoms with Gasteiger partial charge in [0.1, 0.15) is 6.04 Å². The van der Waals surface area contributed by atoms with Crippen molar-refractivity contribution in [3.8, 4) is 0 Å². The van der Waals surface area contributed by atoms with Crippen LogP contribution in [0.4, 0.5) is 0 Å². The maximum absolute atomic E-state index is 6.63. The predicted octanol–water partition coefficient (Wildman–Crippen LogP) is 5.63. The molecule has 0 amide bonds. The fraction of sp³-hybridized carbons (Fsp3) is 0.824. The lowest BCUT2D eigenvalue weighted by atomic mass is 10.1. The molecule has 0 N–H and O–H groups in total. The standard InChI is InChI=1S/C17H28Cl3NO3Si/c1-10(2)25(11(3)4,12(5)6)23-9-14-15-13(7-8-22-14)21-16(24-15)17(18,19)20/h7-8,10-15H,9H2,1-6H3/t13-,14+,15-/m0/s1. The second-order valence-electron chi connectivity index (χ2n) is 7.64. The summed E-state index contributed by atoms with van der Waals surface area (Å²) in [7, 11) is -1.98. The van der Waals surface area contributed by atoms with Crippen LogP contribution in [0.5, 0.6) is 0 Å². The molecule has 0 bridgehead atoms. The Kier molecular flexibility index (Phi) is 6.81. The molecule has 0 saturated heterocycles. The van der Waals surface area contributed by atoms with E-state index in [0.29, 0.717) is 23.2 Å². The van der Waals surface area contributed by atoms with Crippen LogP contribution >= 0.6 is 34.8 Å². The van der Waals surface area contributed by atoms with Crippen LogP contribution in [0.25, 0.3) is 0 Å².